The molecule has 7 heteroatoms. The zero-order valence-electron chi connectivity index (χ0n) is 10.4. The molecule has 100 valence electrons. The molecule has 1 aromatic carbocycles. The number of hydrogen-bond donors (Lipinski definition) is 1. The Bertz CT molecular complexity index is 608. The van der Waals surface area contributed by atoms with Gasteiger partial charge in [0.15, 0.2) is 5.82 Å². The lowest BCUT2D eigenvalue weighted by Crippen LogP contribution is -2.19. The van der Waals surface area contributed by atoms with Crippen molar-refractivity contribution in [3.63, 3.8) is 0 Å². The minimum absolute atomic E-state index is 0.322. The Balaban J connectivity index is 1.92. The van der Waals surface area contributed by atoms with E-state index in [0.29, 0.717) is 28.6 Å². The lowest BCUT2D eigenvalue weighted by atomic mass is 10.2. The molecule has 0 spiro atoms. The molecule has 1 aromatic heterocycles. The molecule has 0 bridgehead atoms. The van der Waals surface area contributed by atoms with Crippen molar-refractivity contribution in [3.8, 4) is 5.69 Å². The summed E-state index contributed by atoms with van der Waals surface area (Å²) in [6.07, 6.45) is 2.40. The topological polar surface area (TPSA) is 55.6 Å². The Hall–Kier alpha value is -1.34. The predicted octanol–water partition coefficient (Wildman–Crippen LogP) is 2.12. The van der Waals surface area contributed by atoms with Crippen LogP contribution in [0.2, 0.25) is 0 Å². The fraction of sp³-hybridized carbons (Fsp3) is 0.417. The predicted molar refractivity (Wildman–Crippen MR) is 71.4 cm³/mol. The summed E-state index contributed by atoms with van der Waals surface area (Å²) in [5.41, 5.74) is 1.58. The van der Waals surface area contributed by atoms with Crippen molar-refractivity contribution in [2.75, 3.05) is 0 Å². The van der Waals surface area contributed by atoms with Crippen LogP contribution in [0.25, 0.3) is 5.69 Å². The Kier molecular flexibility index (Phi) is 3.32. The van der Waals surface area contributed by atoms with E-state index in [9.17, 15) is 4.39 Å². The number of hydrogen-bond acceptors (Lipinski definition) is 4. The maximum Gasteiger partial charge on any atom is 0.170 e. The van der Waals surface area contributed by atoms with Crippen molar-refractivity contribution < 1.29 is 4.39 Å². The van der Waals surface area contributed by atoms with Crippen molar-refractivity contribution in [1.82, 2.24) is 25.5 Å². The molecule has 0 aliphatic heterocycles. The molecule has 1 saturated carbocycles. The number of nitrogens with one attached hydrogen (secondary N) is 1. The first-order valence-corrected chi connectivity index (χ1v) is 6.91. The van der Waals surface area contributed by atoms with Crippen LogP contribution in [0.4, 0.5) is 4.39 Å². The number of halogens is 2. The minimum atomic E-state index is -0.322. The van der Waals surface area contributed by atoms with E-state index < -0.39 is 0 Å². The van der Waals surface area contributed by atoms with Gasteiger partial charge in [-0.15, -0.1) is 5.10 Å². The zero-order chi connectivity index (χ0) is 13.4. The summed E-state index contributed by atoms with van der Waals surface area (Å²) in [4.78, 5) is 0. The summed E-state index contributed by atoms with van der Waals surface area (Å²) in [6.45, 7) is 2.49. The summed E-state index contributed by atoms with van der Waals surface area (Å²) in [5, 5.41) is 15.0. The van der Waals surface area contributed by atoms with Gasteiger partial charge in [0, 0.05) is 12.1 Å². The van der Waals surface area contributed by atoms with Crippen LogP contribution >= 0.6 is 15.9 Å². The van der Waals surface area contributed by atoms with Crippen LogP contribution in [0, 0.1) is 12.7 Å². The second-order valence-electron chi connectivity index (χ2n) is 4.71. The third-order valence-electron chi connectivity index (χ3n) is 3.13. The minimum Gasteiger partial charge on any atom is -0.307 e. The van der Waals surface area contributed by atoms with Crippen LogP contribution < -0.4 is 5.32 Å². The second kappa shape index (κ2) is 4.97. The Labute approximate surface area is 118 Å². The van der Waals surface area contributed by atoms with E-state index in [1.165, 1.54) is 18.9 Å². The smallest absolute Gasteiger partial charge is 0.170 e. The fourth-order valence-electron chi connectivity index (χ4n) is 1.89. The highest BCUT2D eigenvalue weighted by Crippen LogP contribution is 2.23. The fourth-order valence-corrected chi connectivity index (χ4v) is 2.35. The van der Waals surface area contributed by atoms with Crippen molar-refractivity contribution in [2.24, 2.45) is 0 Å². The third-order valence-corrected chi connectivity index (χ3v) is 3.74. The van der Waals surface area contributed by atoms with E-state index >= 15 is 0 Å². The molecule has 0 unspecified atom stereocenters. The molecule has 0 atom stereocenters. The van der Waals surface area contributed by atoms with Gasteiger partial charge in [-0.3, -0.25) is 0 Å². The average molecular weight is 326 g/mol. The molecule has 0 saturated heterocycles. The van der Waals surface area contributed by atoms with Gasteiger partial charge in [-0.2, -0.15) is 4.68 Å². The van der Waals surface area contributed by atoms with Gasteiger partial charge < -0.3 is 5.32 Å². The lowest BCUT2D eigenvalue weighted by Gasteiger charge is -2.09. The normalized spacial score (nSPS) is 14.9. The largest absolute Gasteiger partial charge is 0.307 e. The lowest BCUT2D eigenvalue weighted by molar-refractivity contribution is 0.611. The molecule has 1 aliphatic carbocycles. The van der Waals surface area contributed by atoms with E-state index in [-0.39, 0.29) is 5.82 Å². The van der Waals surface area contributed by atoms with Crippen molar-refractivity contribution in [3.05, 3.63) is 33.8 Å². The van der Waals surface area contributed by atoms with Gasteiger partial charge in [-0.05, 0) is 57.8 Å². The highest BCUT2D eigenvalue weighted by Gasteiger charge is 2.22. The molecule has 5 nitrogen and oxygen atoms in total. The highest BCUT2D eigenvalue weighted by molar-refractivity contribution is 9.10. The second-order valence-corrected chi connectivity index (χ2v) is 5.57. The van der Waals surface area contributed by atoms with Crippen LogP contribution in [-0.2, 0) is 6.54 Å². The number of aromatic nitrogens is 4. The summed E-state index contributed by atoms with van der Waals surface area (Å²) in [7, 11) is 0. The van der Waals surface area contributed by atoms with Gasteiger partial charge in [-0.25, -0.2) is 4.39 Å². The van der Waals surface area contributed by atoms with Crippen LogP contribution in [0.5, 0.6) is 0 Å². The zero-order valence-corrected chi connectivity index (χ0v) is 12.0. The van der Waals surface area contributed by atoms with Crippen molar-refractivity contribution in [2.45, 2.75) is 32.4 Å². The molecule has 0 radical (unpaired) electrons. The van der Waals surface area contributed by atoms with Gasteiger partial charge in [0.25, 0.3) is 0 Å². The molecule has 1 aliphatic rings. The summed E-state index contributed by atoms with van der Waals surface area (Å²) in [6, 6.07) is 3.74. The molecule has 0 amide bonds. The SMILES string of the molecule is Cc1cc(Br)c(F)cc1-n1nnnc1CNC1CC1. The molecule has 1 N–H and O–H groups in total. The maximum absolute atomic E-state index is 13.7. The molecule has 2 aromatic rings. The third kappa shape index (κ3) is 2.66. The Morgan fingerprint density at radius 3 is 3.00 bits per heavy atom. The van der Waals surface area contributed by atoms with Gasteiger partial charge >= 0.3 is 0 Å². The number of rotatable bonds is 4. The molecular weight excluding hydrogens is 313 g/mol. The molecular formula is C12H13BrFN5. The van der Waals surface area contributed by atoms with E-state index in [4.69, 9.17) is 0 Å². The quantitative estimate of drug-likeness (QED) is 0.935. The van der Waals surface area contributed by atoms with Crippen molar-refractivity contribution in [1.29, 1.82) is 0 Å². The number of benzene rings is 1. The first-order valence-electron chi connectivity index (χ1n) is 6.12. The first kappa shape index (κ1) is 12.7. The van der Waals surface area contributed by atoms with Crippen LogP contribution in [-0.4, -0.2) is 26.2 Å². The van der Waals surface area contributed by atoms with Crippen LogP contribution in [0.15, 0.2) is 16.6 Å². The highest BCUT2D eigenvalue weighted by atomic mass is 79.9. The van der Waals surface area contributed by atoms with E-state index in [0.717, 1.165) is 5.56 Å². The Morgan fingerprint density at radius 1 is 1.47 bits per heavy atom. The van der Waals surface area contributed by atoms with Gasteiger partial charge in [0.2, 0.25) is 0 Å². The summed E-state index contributed by atoms with van der Waals surface area (Å²) in [5.74, 6) is 0.369. The number of aryl methyl sites for hydroxylation is 1. The van der Waals surface area contributed by atoms with E-state index in [1.54, 1.807) is 10.7 Å². The van der Waals surface area contributed by atoms with Crippen LogP contribution in [0.3, 0.4) is 0 Å². The summed E-state index contributed by atoms with van der Waals surface area (Å²) >= 11 is 3.17. The van der Waals surface area contributed by atoms with Crippen molar-refractivity contribution >= 4 is 15.9 Å². The standard InChI is InChI=1S/C12H13BrFN5/c1-7-4-9(13)10(14)5-11(7)19-12(16-17-18-19)6-15-8-2-3-8/h4-5,8,15H,2-3,6H2,1H3. The van der Waals surface area contributed by atoms with Gasteiger partial charge in [0.05, 0.1) is 16.7 Å². The molecule has 1 fully saturated rings. The average Bonchev–Trinajstić information content (AvgIpc) is 3.09. The molecule has 3 rings (SSSR count). The maximum atomic E-state index is 13.7. The van der Waals surface area contributed by atoms with Gasteiger partial charge in [0.1, 0.15) is 5.82 Å². The van der Waals surface area contributed by atoms with E-state index in [1.807, 2.05) is 6.92 Å². The summed E-state index contributed by atoms with van der Waals surface area (Å²) < 4.78 is 15.7. The number of nitrogens with zero attached hydrogens (tertiary/aromatic N) is 4. The first-order chi connectivity index (χ1) is 9.15. The monoisotopic (exact) mass is 325 g/mol. The molecule has 19 heavy (non-hydrogen) atoms. The van der Waals surface area contributed by atoms with Crippen LogP contribution in [0.1, 0.15) is 24.2 Å². The molecule has 1 heterocycles. The van der Waals surface area contributed by atoms with Gasteiger partial charge in [-0.1, -0.05) is 0 Å². The van der Waals surface area contributed by atoms with E-state index in [2.05, 4.69) is 36.8 Å². The Morgan fingerprint density at radius 2 is 2.26 bits per heavy atom. The number of tetrazole rings is 1.